The Morgan fingerprint density at radius 2 is 1.66 bits per heavy atom. The van der Waals surface area contributed by atoms with E-state index >= 15 is 0 Å². The van der Waals surface area contributed by atoms with Crippen molar-refractivity contribution in [2.45, 2.75) is 44.0 Å². The molecule has 0 aliphatic carbocycles. The highest BCUT2D eigenvalue weighted by Gasteiger charge is 2.31. The standard InChI is InChI=1S/C24H28N2O5S/c1-17-11-13-25(14-12-17)32(29,30)21-9-7-19(8-10-21)24(28)31-16-23(27)26-18(2)15-20-5-3-4-6-22(20)26/h3-10,17-18H,11-16H2,1-2H3. The van der Waals surface area contributed by atoms with Crippen molar-refractivity contribution in [3.05, 3.63) is 59.7 Å². The fourth-order valence-electron chi connectivity index (χ4n) is 4.36. The maximum absolute atomic E-state index is 12.8. The summed E-state index contributed by atoms with van der Waals surface area (Å²) in [7, 11) is -3.58. The lowest BCUT2D eigenvalue weighted by Gasteiger charge is -2.29. The molecule has 0 saturated carbocycles. The summed E-state index contributed by atoms with van der Waals surface area (Å²) in [5.74, 6) is -0.415. The highest BCUT2D eigenvalue weighted by molar-refractivity contribution is 7.89. The predicted molar refractivity (Wildman–Crippen MR) is 121 cm³/mol. The number of hydrogen-bond acceptors (Lipinski definition) is 5. The minimum absolute atomic E-state index is 0.000803. The Kier molecular flexibility index (Phi) is 6.35. The van der Waals surface area contributed by atoms with Crippen LogP contribution in [-0.2, 0) is 26.0 Å². The number of piperidine rings is 1. The number of hydrogen-bond donors (Lipinski definition) is 0. The van der Waals surface area contributed by atoms with Gasteiger partial charge in [-0.25, -0.2) is 13.2 Å². The molecule has 2 aromatic carbocycles. The fourth-order valence-corrected chi connectivity index (χ4v) is 5.83. The Balaban J connectivity index is 1.38. The lowest BCUT2D eigenvalue weighted by molar-refractivity contribution is -0.122. The van der Waals surface area contributed by atoms with Crippen LogP contribution in [0.1, 0.15) is 42.6 Å². The number of rotatable bonds is 5. The quantitative estimate of drug-likeness (QED) is 0.645. The van der Waals surface area contributed by atoms with E-state index in [1.165, 1.54) is 28.6 Å². The second-order valence-electron chi connectivity index (χ2n) is 8.63. The average Bonchev–Trinajstić information content (AvgIpc) is 3.13. The molecule has 2 aliphatic heterocycles. The van der Waals surface area contributed by atoms with Gasteiger partial charge < -0.3 is 9.64 Å². The number of ether oxygens (including phenoxy) is 1. The third-order valence-electron chi connectivity index (χ3n) is 6.27. The molecule has 2 heterocycles. The summed E-state index contributed by atoms with van der Waals surface area (Å²) in [6.45, 7) is 4.73. The molecule has 0 radical (unpaired) electrons. The van der Waals surface area contributed by atoms with Gasteiger partial charge in [-0.3, -0.25) is 4.79 Å². The second kappa shape index (κ2) is 9.03. The van der Waals surface area contributed by atoms with Crippen molar-refractivity contribution in [3.63, 3.8) is 0 Å². The Morgan fingerprint density at radius 3 is 2.34 bits per heavy atom. The highest BCUT2D eigenvalue weighted by atomic mass is 32.2. The maximum Gasteiger partial charge on any atom is 0.338 e. The van der Waals surface area contributed by atoms with E-state index in [1.807, 2.05) is 31.2 Å². The molecule has 32 heavy (non-hydrogen) atoms. The molecule has 0 bridgehead atoms. The largest absolute Gasteiger partial charge is 0.452 e. The van der Waals surface area contributed by atoms with Crippen LogP contribution in [0.5, 0.6) is 0 Å². The molecular formula is C24H28N2O5S. The first-order valence-corrected chi connectivity index (χ1v) is 12.4. The van der Waals surface area contributed by atoms with E-state index in [9.17, 15) is 18.0 Å². The normalized spacial score (nSPS) is 19.6. The summed E-state index contributed by atoms with van der Waals surface area (Å²) < 4.78 is 32.4. The molecule has 7 nitrogen and oxygen atoms in total. The van der Waals surface area contributed by atoms with Gasteiger partial charge in [0.2, 0.25) is 10.0 Å². The Hall–Kier alpha value is -2.71. The number of benzene rings is 2. The Morgan fingerprint density at radius 1 is 1.00 bits per heavy atom. The smallest absolute Gasteiger partial charge is 0.338 e. The topological polar surface area (TPSA) is 84.0 Å². The Bertz CT molecular complexity index is 1110. The van der Waals surface area contributed by atoms with Crippen LogP contribution in [0.3, 0.4) is 0 Å². The monoisotopic (exact) mass is 456 g/mol. The number of fused-ring (bicyclic) bond motifs is 1. The first-order chi connectivity index (χ1) is 15.3. The van der Waals surface area contributed by atoms with Crippen LogP contribution >= 0.6 is 0 Å². The minimum Gasteiger partial charge on any atom is -0.452 e. The van der Waals surface area contributed by atoms with Gasteiger partial charge in [0.25, 0.3) is 5.91 Å². The van der Waals surface area contributed by atoms with Gasteiger partial charge in [0.15, 0.2) is 6.61 Å². The fraction of sp³-hybridized carbons (Fsp3) is 0.417. The van der Waals surface area contributed by atoms with Crippen molar-refractivity contribution in [1.29, 1.82) is 0 Å². The van der Waals surface area contributed by atoms with Crippen molar-refractivity contribution in [3.8, 4) is 0 Å². The number of sulfonamides is 1. The SMILES string of the molecule is CC1CCN(S(=O)(=O)c2ccc(C(=O)OCC(=O)N3c4ccccc4CC3C)cc2)CC1. The number of anilines is 1. The molecule has 0 aromatic heterocycles. The van der Waals surface area contributed by atoms with Crippen molar-refractivity contribution >= 4 is 27.6 Å². The van der Waals surface area contributed by atoms with Crippen LogP contribution in [0.2, 0.25) is 0 Å². The number of para-hydroxylation sites is 1. The van der Waals surface area contributed by atoms with E-state index in [-0.39, 0.29) is 29.0 Å². The first kappa shape index (κ1) is 22.5. The van der Waals surface area contributed by atoms with E-state index in [2.05, 4.69) is 6.92 Å². The molecule has 170 valence electrons. The highest BCUT2D eigenvalue weighted by Crippen LogP contribution is 2.31. The van der Waals surface area contributed by atoms with Crippen LogP contribution in [0.25, 0.3) is 0 Å². The van der Waals surface area contributed by atoms with Gasteiger partial charge in [0.05, 0.1) is 10.5 Å². The van der Waals surface area contributed by atoms with Crippen molar-refractivity contribution < 1.29 is 22.7 Å². The van der Waals surface area contributed by atoms with Crippen LogP contribution in [0, 0.1) is 5.92 Å². The maximum atomic E-state index is 12.8. The van der Waals surface area contributed by atoms with Crippen molar-refractivity contribution in [1.82, 2.24) is 4.31 Å². The zero-order valence-corrected chi connectivity index (χ0v) is 19.2. The zero-order valence-electron chi connectivity index (χ0n) is 18.4. The first-order valence-electron chi connectivity index (χ1n) is 10.9. The molecule has 0 N–H and O–H groups in total. The van der Waals surface area contributed by atoms with Gasteiger partial charge in [-0.05, 0) is 68.0 Å². The number of nitrogens with zero attached hydrogens (tertiary/aromatic N) is 2. The average molecular weight is 457 g/mol. The predicted octanol–water partition coefficient (Wildman–Crippen LogP) is 3.24. The second-order valence-corrected chi connectivity index (χ2v) is 10.6. The minimum atomic E-state index is -3.58. The van der Waals surface area contributed by atoms with E-state index in [0.717, 1.165) is 30.5 Å². The van der Waals surface area contributed by atoms with Crippen LogP contribution < -0.4 is 4.90 Å². The van der Waals surface area contributed by atoms with E-state index in [4.69, 9.17) is 4.74 Å². The van der Waals surface area contributed by atoms with E-state index in [1.54, 1.807) is 4.90 Å². The molecule has 1 amide bonds. The lowest BCUT2D eigenvalue weighted by atomic mass is 10.0. The zero-order chi connectivity index (χ0) is 22.9. The molecule has 1 saturated heterocycles. The van der Waals surface area contributed by atoms with Crippen molar-refractivity contribution in [2.75, 3.05) is 24.6 Å². The lowest BCUT2D eigenvalue weighted by Crippen LogP contribution is -2.38. The van der Waals surface area contributed by atoms with Gasteiger partial charge in [-0.2, -0.15) is 4.31 Å². The number of esters is 1. The van der Waals surface area contributed by atoms with E-state index < -0.39 is 16.0 Å². The summed E-state index contributed by atoms with van der Waals surface area (Å²) in [6.07, 6.45) is 2.46. The van der Waals surface area contributed by atoms with Crippen LogP contribution in [0.4, 0.5) is 5.69 Å². The number of carbonyl (C=O) groups excluding carboxylic acids is 2. The van der Waals surface area contributed by atoms with E-state index in [0.29, 0.717) is 19.0 Å². The van der Waals surface area contributed by atoms with Crippen LogP contribution in [0.15, 0.2) is 53.4 Å². The molecule has 1 atom stereocenters. The third-order valence-corrected chi connectivity index (χ3v) is 8.19. The summed E-state index contributed by atoms with van der Waals surface area (Å²) >= 11 is 0. The van der Waals surface area contributed by atoms with Gasteiger partial charge in [-0.1, -0.05) is 25.1 Å². The Labute approximate surface area is 189 Å². The molecule has 1 fully saturated rings. The van der Waals surface area contributed by atoms with Gasteiger partial charge >= 0.3 is 5.97 Å². The summed E-state index contributed by atoms with van der Waals surface area (Å²) in [6, 6.07) is 13.4. The number of carbonyl (C=O) groups is 2. The van der Waals surface area contributed by atoms with Crippen LogP contribution in [-0.4, -0.2) is 50.3 Å². The van der Waals surface area contributed by atoms with Crippen molar-refractivity contribution in [2.24, 2.45) is 5.92 Å². The van der Waals surface area contributed by atoms with Gasteiger partial charge in [0, 0.05) is 24.8 Å². The molecule has 1 unspecified atom stereocenters. The van der Waals surface area contributed by atoms with Gasteiger partial charge in [0.1, 0.15) is 0 Å². The molecule has 2 aliphatic rings. The summed E-state index contributed by atoms with van der Waals surface area (Å²) in [5, 5.41) is 0. The summed E-state index contributed by atoms with van der Waals surface area (Å²) in [5.41, 5.74) is 2.15. The molecule has 4 rings (SSSR count). The molecule has 0 spiro atoms. The van der Waals surface area contributed by atoms with Gasteiger partial charge in [-0.15, -0.1) is 0 Å². The number of amides is 1. The molecule has 8 heteroatoms. The third kappa shape index (κ3) is 4.42. The molecular weight excluding hydrogens is 428 g/mol. The molecule has 2 aromatic rings. The summed E-state index contributed by atoms with van der Waals surface area (Å²) in [4.78, 5) is 27.0.